The molecule has 44 heavy (non-hydrogen) atoms. The molecule has 3 rings (SSSR count). The van der Waals surface area contributed by atoms with Crippen LogP contribution in [-0.2, 0) is 27.4 Å². The summed E-state index contributed by atoms with van der Waals surface area (Å²) in [6.45, 7) is 4.02. The molecular formula is C31H28F7N3O3. The molecule has 13 heteroatoms. The summed E-state index contributed by atoms with van der Waals surface area (Å²) in [7, 11) is 2.75. The van der Waals surface area contributed by atoms with Crippen LogP contribution in [0.3, 0.4) is 0 Å². The van der Waals surface area contributed by atoms with Crippen molar-refractivity contribution in [2.24, 2.45) is 0 Å². The first-order chi connectivity index (χ1) is 20.3. The van der Waals surface area contributed by atoms with E-state index in [0.29, 0.717) is 28.8 Å². The van der Waals surface area contributed by atoms with Crippen molar-refractivity contribution in [2.45, 2.75) is 51.0 Å². The number of carboxylic acid groups (broad SMARTS) is 1. The minimum absolute atomic E-state index is 0.0118. The molecule has 2 aromatic carbocycles. The Balaban J connectivity index is 2.14. The summed E-state index contributed by atoms with van der Waals surface area (Å²) in [4.78, 5) is 30.4. The van der Waals surface area contributed by atoms with Gasteiger partial charge in [0.2, 0.25) is 5.91 Å². The van der Waals surface area contributed by atoms with Gasteiger partial charge in [0, 0.05) is 19.0 Å². The maximum absolute atomic E-state index is 13.9. The molecule has 0 bridgehead atoms. The minimum atomic E-state index is -5.10. The number of nitrogens with zero attached hydrogens (tertiary/aromatic N) is 2. The molecular weight excluding hydrogens is 595 g/mol. The predicted molar refractivity (Wildman–Crippen MR) is 149 cm³/mol. The number of carbonyl (C=O) groups is 2. The third kappa shape index (κ3) is 7.55. The molecule has 0 fully saturated rings. The first-order valence-corrected chi connectivity index (χ1v) is 13.0. The number of benzene rings is 2. The zero-order chi connectivity index (χ0) is 33.2. The molecule has 1 atom stereocenters. The zero-order valence-corrected chi connectivity index (χ0v) is 24.2. The van der Waals surface area contributed by atoms with Gasteiger partial charge in [0.05, 0.1) is 28.4 Å². The van der Waals surface area contributed by atoms with E-state index in [1.807, 2.05) is 0 Å². The zero-order valence-electron chi connectivity index (χ0n) is 24.2. The van der Waals surface area contributed by atoms with Crippen LogP contribution < -0.4 is 10.2 Å². The molecule has 0 spiro atoms. The maximum atomic E-state index is 13.9. The highest BCUT2D eigenvalue weighted by atomic mass is 19.4. The highest BCUT2D eigenvalue weighted by Crippen LogP contribution is 2.41. The number of nitrogens with one attached hydrogen (secondary N) is 1. The molecule has 1 amide bonds. The SMILES string of the molecule is CN[C@H](CC#Cc1cc(-c2ccc(F)cc2C)c(N(C)C(=O)C(C)(C)c2cc(C(F)(F)F)cc(C(F)(F)F)c2)cn1)C(=O)O. The molecule has 6 nitrogen and oxygen atoms in total. The summed E-state index contributed by atoms with van der Waals surface area (Å²) in [5.41, 5.74) is -4.01. The summed E-state index contributed by atoms with van der Waals surface area (Å²) in [5.74, 6) is 2.94. The lowest BCUT2D eigenvalue weighted by molar-refractivity contribution is -0.143. The van der Waals surface area contributed by atoms with Crippen molar-refractivity contribution in [3.8, 4) is 23.0 Å². The Kier molecular flexibility index (Phi) is 9.80. The van der Waals surface area contributed by atoms with E-state index in [4.69, 9.17) is 0 Å². The lowest BCUT2D eigenvalue weighted by atomic mass is 9.81. The molecule has 0 saturated carbocycles. The van der Waals surface area contributed by atoms with Crippen molar-refractivity contribution >= 4 is 17.6 Å². The number of aryl methyl sites for hydroxylation is 1. The second-order valence-electron chi connectivity index (χ2n) is 10.5. The Morgan fingerprint density at radius 3 is 2.02 bits per heavy atom. The topological polar surface area (TPSA) is 82.5 Å². The summed E-state index contributed by atoms with van der Waals surface area (Å²) >= 11 is 0. The van der Waals surface area contributed by atoms with Crippen LogP contribution in [0.1, 0.15) is 48.2 Å². The summed E-state index contributed by atoms with van der Waals surface area (Å²) < 4.78 is 95.2. The number of anilines is 1. The number of aliphatic carboxylic acids is 1. The fourth-order valence-corrected chi connectivity index (χ4v) is 4.45. The van der Waals surface area contributed by atoms with Gasteiger partial charge in [-0.2, -0.15) is 26.3 Å². The quantitative estimate of drug-likeness (QED) is 0.229. The Labute approximate surface area is 248 Å². The fraction of sp³-hybridized carbons (Fsp3) is 0.323. The van der Waals surface area contributed by atoms with Crippen LogP contribution in [0.4, 0.5) is 36.4 Å². The number of likely N-dealkylation sites (N-methyl/N-ethyl adjacent to an activating group) is 2. The smallest absolute Gasteiger partial charge is 0.416 e. The fourth-order valence-electron chi connectivity index (χ4n) is 4.45. The van der Waals surface area contributed by atoms with Crippen LogP contribution >= 0.6 is 0 Å². The van der Waals surface area contributed by atoms with Gasteiger partial charge in [0.1, 0.15) is 17.6 Å². The number of amides is 1. The molecule has 0 radical (unpaired) electrons. The predicted octanol–water partition coefficient (Wildman–Crippen LogP) is 6.59. The van der Waals surface area contributed by atoms with E-state index in [9.17, 15) is 45.4 Å². The molecule has 0 aliphatic carbocycles. The van der Waals surface area contributed by atoms with Crippen LogP contribution in [0.25, 0.3) is 11.1 Å². The number of halogens is 7. The van der Waals surface area contributed by atoms with E-state index in [1.165, 1.54) is 58.4 Å². The second kappa shape index (κ2) is 12.7. The van der Waals surface area contributed by atoms with Crippen molar-refractivity contribution in [3.05, 3.63) is 82.4 Å². The molecule has 2 N–H and O–H groups in total. The van der Waals surface area contributed by atoms with Crippen LogP contribution in [0.2, 0.25) is 0 Å². The molecule has 1 heterocycles. The van der Waals surface area contributed by atoms with Crippen molar-refractivity contribution < 1.29 is 45.4 Å². The summed E-state index contributed by atoms with van der Waals surface area (Å²) in [5, 5.41) is 11.8. The van der Waals surface area contributed by atoms with Gasteiger partial charge in [-0.3, -0.25) is 9.59 Å². The molecule has 234 valence electrons. The van der Waals surface area contributed by atoms with E-state index in [0.717, 1.165) is 4.90 Å². The van der Waals surface area contributed by atoms with Crippen molar-refractivity contribution in [2.75, 3.05) is 19.0 Å². The van der Waals surface area contributed by atoms with Gasteiger partial charge < -0.3 is 15.3 Å². The molecule has 0 aliphatic rings. The Morgan fingerprint density at radius 1 is 0.955 bits per heavy atom. The average Bonchev–Trinajstić information content (AvgIpc) is 2.93. The Hall–Kier alpha value is -4.44. The second-order valence-corrected chi connectivity index (χ2v) is 10.5. The maximum Gasteiger partial charge on any atom is 0.416 e. The third-order valence-electron chi connectivity index (χ3n) is 7.04. The Morgan fingerprint density at radius 2 is 1.52 bits per heavy atom. The van der Waals surface area contributed by atoms with Crippen LogP contribution in [0.5, 0.6) is 0 Å². The Bertz CT molecular complexity index is 1600. The molecule has 1 aromatic heterocycles. The first-order valence-electron chi connectivity index (χ1n) is 13.0. The monoisotopic (exact) mass is 623 g/mol. The van der Waals surface area contributed by atoms with Gasteiger partial charge in [-0.1, -0.05) is 12.0 Å². The molecule has 0 saturated heterocycles. The highest BCUT2D eigenvalue weighted by Gasteiger charge is 2.41. The summed E-state index contributed by atoms with van der Waals surface area (Å²) in [6, 6.07) is 5.39. The lowest BCUT2D eigenvalue weighted by Gasteiger charge is -2.32. The number of carboxylic acids is 1. The minimum Gasteiger partial charge on any atom is -0.480 e. The van der Waals surface area contributed by atoms with Gasteiger partial charge in [0.15, 0.2) is 0 Å². The van der Waals surface area contributed by atoms with Gasteiger partial charge in [-0.05, 0) is 86.8 Å². The average molecular weight is 624 g/mol. The van der Waals surface area contributed by atoms with Crippen LogP contribution in [-0.4, -0.2) is 42.1 Å². The van der Waals surface area contributed by atoms with E-state index in [-0.39, 0.29) is 23.9 Å². The number of alkyl halides is 6. The standard InChI is InChI=1S/C31H28F7N3O3/c1-17-11-21(32)9-10-23(17)24-15-22(7-6-8-25(39-4)27(42)43)40-16-26(24)41(5)28(44)29(2,3)18-12-19(30(33,34)35)14-20(13-18)31(36,37)38/h9-16,25,39H,8H2,1-5H3,(H,42,43)/t25-/m1/s1. The van der Waals surface area contributed by atoms with Crippen molar-refractivity contribution in [3.63, 3.8) is 0 Å². The van der Waals surface area contributed by atoms with Crippen molar-refractivity contribution in [1.82, 2.24) is 10.3 Å². The van der Waals surface area contributed by atoms with Crippen LogP contribution in [0, 0.1) is 24.6 Å². The number of hydrogen-bond acceptors (Lipinski definition) is 4. The normalized spacial score (nSPS) is 12.7. The number of pyridine rings is 1. The molecule has 0 unspecified atom stereocenters. The van der Waals surface area contributed by atoms with Crippen LogP contribution in [0.15, 0.2) is 48.7 Å². The molecule has 0 aliphatic heterocycles. The van der Waals surface area contributed by atoms with E-state index in [2.05, 4.69) is 22.1 Å². The molecule has 3 aromatic rings. The van der Waals surface area contributed by atoms with E-state index in [1.54, 1.807) is 6.92 Å². The number of rotatable bonds is 7. The van der Waals surface area contributed by atoms with Gasteiger partial charge in [0.25, 0.3) is 0 Å². The number of carbonyl (C=O) groups excluding carboxylic acids is 1. The van der Waals surface area contributed by atoms with Gasteiger partial charge >= 0.3 is 18.3 Å². The third-order valence-corrected chi connectivity index (χ3v) is 7.04. The summed E-state index contributed by atoms with van der Waals surface area (Å²) in [6.07, 6.45) is -9.03. The highest BCUT2D eigenvalue weighted by molar-refractivity contribution is 6.03. The van der Waals surface area contributed by atoms with E-state index < -0.39 is 58.2 Å². The number of aromatic nitrogens is 1. The lowest BCUT2D eigenvalue weighted by Crippen LogP contribution is -2.42. The van der Waals surface area contributed by atoms with Gasteiger partial charge in [-0.15, -0.1) is 0 Å². The van der Waals surface area contributed by atoms with E-state index >= 15 is 0 Å². The van der Waals surface area contributed by atoms with Gasteiger partial charge in [-0.25, -0.2) is 9.37 Å². The largest absolute Gasteiger partial charge is 0.480 e. The van der Waals surface area contributed by atoms with Crippen molar-refractivity contribution in [1.29, 1.82) is 0 Å². The first kappa shape index (κ1) is 34.1. The number of hydrogen-bond donors (Lipinski definition) is 2.